The lowest BCUT2D eigenvalue weighted by molar-refractivity contribution is 0.289. The maximum absolute atomic E-state index is 6.37. The lowest BCUT2D eigenvalue weighted by Crippen LogP contribution is -2.32. The van der Waals surface area contributed by atoms with E-state index in [-0.39, 0.29) is 5.54 Å². The highest BCUT2D eigenvalue weighted by Gasteiger charge is 2.40. The predicted molar refractivity (Wildman–Crippen MR) is 87.3 cm³/mol. The summed E-state index contributed by atoms with van der Waals surface area (Å²) in [6, 6.07) is 3.88. The van der Waals surface area contributed by atoms with Crippen LogP contribution in [0.25, 0.3) is 0 Å². The van der Waals surface area contributed by atoms with Gasteiger partial charge in [0.25, 0.3) is 0 Å². The molecule has 0 bridgehead atoms. The first-order valence-corrected chi connectivity index (χ1v) is 8.79. The standard InChI is InChI=1S/C15H19ClN2OS/c1-20-10-19-12-6-5-11(16)14-13(12)15(18-9-17-14)7-3-2-4-8-15/h5-6,9H,2-4,7-8,10H2,1H3,(H,17,18). The fourth-order valence-corrected chi connectivity index (χ4v) is 3.66. The molecular formula is C15H19ClN2OS. The molecule has 1 heterocycles. The van der Waals surface area contributed by atoms with Crippen molar-refractivity contribution in [2.45, 2.75) is 37.6 Å². The zero-order valence-electron chi connectivity index (χ0n) is 11.6. The van der Waals surface area contributed by atoms with Crippen LogP contribution >= 0.6 is 23.4 Å². The molecule has 1 aromatic rings. The van der Waals surface area contributed by atoms with Crippen molar-refractivity contribution in [3.63, 3.8) is 0 Å². The van der Waals surface area contributed by atoms with E-state index in [2.05, 4.69) is 5.32 Å². The molecule has 108 valence electrons. The number of benzene rings is 1. The fraction of sp³-hybridized carbons (Fsp3) is 0.533. The van der Waals surface area contributed by atoms with Gasteiger partial charge in [-0.05, 0) is 31.2 Å². The topological polar surface area (TPSA) is 33.6 Å². The molecule has 0 unspecified atom stereocenters. The number of fused-ring (bicyclic) bond motifs is 2. The van der Waals surface area contributed by atoms with Gasteiger partial charge in [0.1, 0.15) is 11.7 Å². The first-order chi connectivity index (χ1) is 9.77. The number of hydrogen-bond acceptors (Lipinski definition) is 4. The normalized spacial score (nSPS) is 19.5. The molecule has 1 N–H and O–H groups in total. The van der Waals surface area contributed by atoms with E-state index in [1.165, 1.54) is 19.3 Å². The molecule has 0 saturated heterocycles. The third-order valence-corrected chi connectivity index (χ3v) is 4.78. The zero-order chi connectivity index (χ0) is 14.0. The smallest absolute Gasteiger partial charge is 0.133 e. The van der Waals surface area contributed by atoms with Crippen molar-refractivity contribution < 1.29 is 4.74 Å². The van der Waals surface area contributed by atoms with Crippen molar-refractivity contribution in [1.29, 1.82) is 0 Å². The Morgan fingerprint density at radius 2 is 2.15 bits per heavy atom. The summed E-state index contributed by atoms with van der Waals surface area (Å²) in [6.07, 6.45) is 9.72. The molecule has 1 spiro atoms. The van der Waals surface area contributed by atoms with E-state index in [1.807, 2.05) is 18.4 Å². The SMILES string of the molecule is CSCOc1ccc(Cl)c2c1C1(CCCCC1)N=CN2. The Hall–Kier alpha value is -0.870. The number of aliphatic imine (C=N–C) groups is 1. The molecule has 0 aromatic heterocycles. The maximum Gasteiger partial charge on any atom is 0.133 e. The summed E-state index contributed by atoms with van der Waals surface area (Å²) in [5, 5.41) is 3.95. The quantitative estimate of drug-likeness (QED) is 0.825. The number of rotatable bonds is 3. The summed E-state index contributed by atoms with van der Waals surface area (Å²) in [5.41, 5.74) is 1.99. The van der Waals surface area contributed by atoms with Gasteiger partial charge >= 0.3 is 0 Å². The fourth-order valence-electron chi connectivity index (χ4n) is 3.20. The molecule has 0 radical (unpaired) electrons. The van der Waals surface area contributed by atoms with Crippen molar-refractivity contribution in [3.05, 3.63) is 22.7 Å². The van der Waals surface area contributed by atoms with Gasteiger partial charge in [-0.3, -0.25) is 4.99 Å². The number of hydrogen-bond donors (Lipinski definition) is 1. The van der Waals surface area contributed by atoms with Gasteiger partial charge in [-0.1, -0.05) is 30.9 Å². The molecule has 0 atom stereocenters. The van der Waals surface area contributed by atoms with Crippen LogP contribution in [-0.4, -0.2) is 18.5 Å². The molecule has 1 fully saturated rings. The Bertz CT molecular complexity index is 527. The summed E-state index contributed by atoms with van der Waals surface area (Å²) in [7, 11) is 0. The van der Waals surface area contributed by atoms with Gasteiger partial charge in [-0.25, -0.2) is 0 Å². The third kappa shape index (κ3) is 2.40. The van der Waals surface area contributed by atoms with Crippen LogP contribution in [0.4, 0.5) is 5.69 Å². The van der Waals surface area contributed by atoms with Crippen LogP contribution in [0, 0.1) is 0 Å². The zero-order valence-corrected chi connectivity index (χ0v) is 13.2. The minimum absolute atomic E-state index is 0.141. The Kier molecular flexibility index (Phi) is 4.13. The van der Waals surface area contributed by atoms with E-state index < -0.39 is 0 Å². The first kappa shape index (κ1) is 14.1. The van der Waals surface area contributed by atoms with Crippen molar-refractivity contribution >= 4 is 35.4 Å². The maximum atomic E-state index is 6.37. The van der Waals surface area contributed by atoms with Gasteiger partial charge in [-0.2, -0.15) is 0 Å². The second-order valence-electron chi connectivity index (χ2n) is 5.34. The lowest BCUT2D eigenvalue weighted by Gasteiger charge is -2.38. The molecule has 1 aliphatic carbocycles. The number of halogens is 1. The average molecular weight is 311 g/mol. The van der Waals surface area contributed by atoms with Crippen LogP contribution in [0.2, 0.25) is 5.02 Å². The highest BCUT2D eigenvalue weighted by atomic mass is 35.5. The Balaban J connectivity index is 2.08. The molecule has 1 aromatic carbocycles. The minimum Gasteiger partial charge on any atom is -0.483 e. The Labute approximate surface area is 129 Å². The van der Waals surface area contributed by atoms with Gasteiger partial charge in [0.15, 0.2) is 0 Å². The monoisotopic (exact) mass is 310 g/mol. The summed E-state index contributed by atoms with van der Waals surface area (Å²) in [5.74, 6) is 1.57. The van der Waals surface area contributed by atoms with Crippen LogP contribution in [0.5, 0.6) is 5.75 Å². The number of nitrogens with one attached hydrogen (secondary N) is 1. The minimum atomic E-state index is -0.141. The van der Waals surface area contributed by atoms with Crippen molar-refractivity contribution in [2.75, 3.05) is 17.5 Å². The molecule has 1 saturated carbocycles. The van der Waals surface area contributed by atoms with Crippen molar-refractivity contribution in [3.8, 4) is 5.75 Å². The van der Waals surface area contributed by atoms with Crippen LogP contribution in [0.15, 0.2) is 17.1 Å². The lowest BCUT2D eigenvalue weighted by atomic mass is 9.75. The molecular weight excluding hydrogens is 292 g/mol. The summed E-state index contributed by atoms with van der Waals surface area (Å²) < 4.78 is 5.93. The molecule has 2 aliphatic rings. The highest BCUT2D eigenvalue weighted by molar-refractivity contribution is 7.98. The van der Waals surface area contributed by atoms with Gasteiger partial charge in [0.2, 0.25) is 0 Å². The van der Waals surface area contributed by atoms with Crippen LogP contribution < -0.4 is 10.1 Å². The summed E-state index contributed by atoms with van der Waals surface area (Å²) >= 11 is 8.04. The molecule has 5 heteroatoms. The van der Waals surface area contributed by atoms with Crippen LogP contribution in [0.1, 0.15) is 37.7 Å². The molecule has 0 amide bonds. The number of anilines is 1. The highest BCUT2D eigenvalue weighted by Crippen LogP contribution is 2.50. The Morgan fingerprint density at radius 1 is 1.35 bits per heavy atom. The molecule has 20 heavy (non-hydrogen) atoms. The second-order valence-corrected chi connectivity index (χ2v) is 6.56. The van der Waals surface area contributed by atoms with Crippen LogP contribution in [0.3, 0.4) is 0 Å². The number of ether oxygens (including phenoxy) is 1. The summed E-state index contributed by atoms with van der Waals surface area (Å²) in [4.78, 5) is 4.79. The van der Waals surface area contributed by atoms with E-state index in [0.29, 0.717) is 5.94 Å². The predicted octanol–water partition coefficient (Wildman–Crippen LogP) is 4.65. The van der Waals surface area contributed by atoms with E-state index in [1.54, 1.807) is 18.1 Å². The largest absolute Gasteiger partial charge is 0.483 e. The third-order valence-electron chi connectivity index (χ3n) is 4.12. The Morgan fingerprint density at radius 3 is 2.90 bits per heavy atom. The van der Waals surface area contributed by atoms with E-state index in [9.17, 15) is 0 Å². The summed E-state index contributed by atoms with van der Waals surface area (Å²) in [6.45, 7) is 0. The van der Waals surface area contributed by atoms with Gasteiger partial charge in [0, 0.05) is 5.56 Å². The number of thioether (sulfide) groups is 1. The van der Waals surface area contributed by atoms with Gasteiger partial charge in [0.05, 0.1) is 22.6 Å². The van der Waals surface area contributed by atoms with E-state index in [4.69, 9.17) is 21.3 Å². The van der Waals surface area contributed by atoms with Gasteiger partial charge < -0.3 is 10.1 Å². The average Bonchev–Trinajstić information content (AvgIpc) is 2.48. The first-order valence-electron chi connectivity index (χ1n) is 7.02. The number of nitrogens with zero attached hydrogens (tertiary/aromatic N) is 1. The van der Waals surface area contributed by atoms with Crippen molar-refractivity contribution in [1.82, 2.24) is 0 Å². The second kappa shape index (κ2) is 5.86. The van der Waals surface area contributed by atoms with Crippen LogP contribution in [-0.2, 0) is 5.54 Å². The molecule has 1 aliphatic heterocycles. The van der Waals surface area contributed by atoms with Gasteiger partial charge in [-0.15, -0.1) is 11.8 Å². The van der Waals surface area contributed by atoms with E-state index >= 15 is 0 Å². The molecule has 3 nitrogen and oxygen atoms in total. The van der Waals surface area contributed by atoms with Crippen molar-refractivity contribution in [2.24, 2.45) is 4.99 Å². The molecule has 3 rings (SSSR count). The van der Waals surface area contributed by atoms with E-state index in [0.717, 1.165) is 34.9 Å².